The highest BCUT2D eigenvalue weighted by Crippen LogP contribution is 2.30. The van der Waals surface area contributed by atoms with Crippen LogP contribution in [0.25, 0.3) is 0 Å². The predicted molar refractivity (Wildman–Crippen MR) is 133 cm³/mol. The van der Waals surface area contributed by atoms with Gasteiger partial charge >= 0.3 is 5.97 Å². The fourth-order valence-corrected chi connectivity index (χ4v) is 6.10. The van der Waals surface area contributed by atoms with Gasteiger partial charge in [-0.1, -0.05) is 29.5 Å². The molecule has 2 N–H and O–H groups in total. The highest BCUT2D eigenvalue weighted by molar-refractivity contribution is 7.92. The molecular formula is C24H27N3O5S2. The zero-order chi connectivity index (χ0) is 25.2. The Kier molecular flexibility index (Phi) is 7.42. The van der Waals surface area contributed by atoms with E-state index in [2.05, 4.69) is 15.0 Å². The van der Waals surface area contributed by atoms with Crippen LogP contribution in [0.4, 0.5) is 10.8 Å². The molecule has 1 heterocycles. The largest absolute Gasteiger partial charge is 0.462 e. The molecule has 0 aliphatic carbocycles. The third kappa shape index (κ3) is 5.13. The number of anilines is 2. The second kappa shape index (κ2) is 9.94. The van der Waals surface area contributed by atoms with Crippen molar-refractivity contribution in [2.45, 2.75) is 46.4 Å². The van der Waals surface area contributed by atoms with E-state index in [1.807, 2.05) is 19.9 Å². The Hall–Kier alpha value is -3.24. The van der Waals surface area contributed by atoms with Gasteiger partial charge in [-0.25, -0.2) is 18.2 Å². The van der Waals surface area contributed by atoms with Gasteiger partial charge in [0, 0.05) is 0 Å². The Bertz CT molecular complexity index is 1350. The molecule has 1 amide bonds. The maximum Gasteiger partial charge on any atom is 0.350 e. The summed E-state index contributed by atoms with van der Waals surface area (Å²) in [7, 11) is -3.97. The minimum atomic E-state index is -3.97. The van der Waals surface area contributed by atoms with Crippen LogP contribution in [0.5, 0.6) is 0 Å². The van der Waals surface area contributed by atoms with E-state index in [0.29, 0.717) is 21.7 Å². The van der Waals surface area contributed by atoms with Gasteiger partial charge in [-0.05, 0) is 75.9 Å². The first-order valence-electron chi connectivity index (χ1n) is 10.6. The summed E-state index contributed by atoms with van der Waals surface area (Å²) >= 11 is 0.997. The highest BCUT2D eigenvalue weighted by atomic mass is 32.2. The van der Waals surface area contributed by atoms with E-state index in [9.17, 15) is 18.0 Å². The maximum absolute atomic E-state index is 13.4. The number of amides is 1. The molecule has 0 bridgehead atoms. The SMILES string of the molecule is CCOC(=O)c1sc(NC(=O)c2ccccc2NS(=O)(=O)c2c(C)c(C)cc(C)c2C)nc1C. The lowest BCUT2D eigenvalue weighted by Crippen LogP contribution is -2.20. The molecule has 0 aliphatic heterocycles. The van der Waals surface area contributed by atoms with Crippen molar-refractivity contribution in [3.63, 3.8) is 0 Å². The number of thiazole rings is 1. The Labute approximate surface area is 203 Å². The molecule has 0 unspecified atom stereocenters. The normalized spacial score (nSPS) is 11.2. The molecule has 2 aromatic carbocycles. The van der Waals surface area contributed by atoms with Crippen LogP contribution in [-0.4, -0.2) is 31.9 Å². The molecule has 0 fully saturated rings. The van der Waals surface area contributed by atoms with Gasteiger partial charge < -0.3 is 4.74 Å². The first-order valence-corrected chi connectivity index (χ1v) is 12.9. The molecule has 1 aromatic heterocycles. The molecule has 0 saturated heterocycles. The summed E-state index contributed by atoms with van der Waals surface area (Å²) in [4.78, 5) is 29.8. The smallest absolute Gasteiger partial charge is 0.350 e. The van der Waals surface area contributed by atoms with E-state index in [1.165, 1.54) is 12.1 Å². The van der Waals surface area contributed by atoms with Crippen molar-refractivity contribution in [2.75, 3.05) is 16.6 Å². The van der Waals surface area contributed by atoms with Gasteiger partial charge in [0.1, 0.15) is 4.88 Å². The van der Waals surface area contributed by atoms with Crippen molar-refractivity contribution in [1.82, 2.24) is 4.98 Å². The lowest BCUT2D eigenvalue weighted by molar-refractivity contribution is 0.0531. The number of carbonyl (C=O) groups is 2. The molecule has 0 spiro atoms. The second-order valence-electron chi connectivity index (χ2n) is 7.85. The molecule has 10 heteroatoms. The topological polar surface area (TPSA) is 114 Å². The summed E-state index contributed by atoms with van der Waals surface area (Å²) in [6, 6.07) is 8.27. The quantitative estimate of drug-likeness (QED) is 0.444. The third-order valence-corrected chi connectivity index (χ3v) is 8.15. The number of ether oxygens (including phenoxy) is 1. The lowest BCUT2D eigenvalue weighted by atomic mass is 10.0. The van der Waals surface area contributed by atoms with Crippen LogP contribution in [-0.2, 0) is 14.8 Å². The average Bonchev–Trinajstić information content (AvgIpc) is 3.12. The zero-order valence-electron chi connectivity index (χ0n) is 19.9. The standard InChI is InChI=1S/C24H27N3O5S2/c1-7-32-23(29)20-17(6)25-24(33-20)26-22(28)18-10-8-9-11-19(18)27-34(30,31)21-15(4)13(2)12-14(3)16(21)5/h8-12,27H,7H2,1-6H3,(H,25,26,28). The fourth-order valence-electron chi connectivity index (χ4n) is 3.55. The van der Waals surface area contributed by atoms with E-state index < -0.39 is 21.9 Å². The number of sulfonamides is 1. The van der Waals surface area contributed by atoms with Gasteiger partial charge in [-0.15, -0.1) is 0 Å². The summed E-state index contributed by atoms with van der Waals surface area (Å²) < 4.78 is 34.3. The fraction of sp³-hybridized carbons (Fsp3) is 0.292. The number of nitrogens with zero attached hydrogens (tertiary/aromatic N) is 1. The van der Waals surface area contributed by atoms with Crippen LogP contribution in [0, 0.1) is 34.6 Å². The number of hydrogen-bond acceptors (Lipinski definition) is 7. The van der Waals surface area contributed by atoms with E-state index in [0.717, 1.165) is 22.5 Å². The number of carbonyl (C=O) groups excluding carboxylic acids is 2. The van der Waals surface area contributed by atoms with Crippen molar-refractivity contribution in [2.24, 2.45) is 0 Å². The number of benzene rings is 2. The number of esters is 1. The molecule has 34 heavy (non-hydrogen) atoms. The van der Waals surface area contributed by atoms with Crippen molar-refractivity contribution >= 4 is 44.1 Å². The first kappa shape index (κ1) is 25.4. The van der Waals surface area contributed by atoms with Crippen LogP contribution in [0.1, 0.15) is 54.9 Å². The lowest BCUT2D eigenvalue weighted by Gasteiger charge is -2.18. The van der Waals surface area contributed by atoms with Crippen LogP contribution in [0.2, 0.25) is 0 Å². The van der Waals surface area contributed by atoms with E-state index in [1.54, 1.807) is 39.8 Å². The number of hydrogen-bond donors (Lipinski definition) is 2. The van der Waals surface area contributed by atoms with Crippen LogP contribution in [0.3, 0.4) is 0 Å². The molecule has 0 radical (unpaired) electrons. The highest BCUT2D eigenvalue weighted by Gasteiger charge is 2.25. The minimum Gasteiger partial charge on any atom is -0.462 e. The van der Waals surface area contributed by atoms with Gasteiger partial charge in [0.2, 0.25) is 0 Å². The van der Waals surface area contributed by atoms with Gasteiger partial charge in [0.05, 0.1) is 28.4 Å². The monoisotopic (exact) mass is 501 g/mol. The van der Waals surface area contributed by atoms with Crippen molar-refractivity contribution in [1.29, 1.82) is 0 Å². The number of rotatable bonds is 7. The second-order valence-corrected chi connectivity index (χ2v) is 10.5. The predicted octanol–water partition coefficient (Wildman–Crippen LogP) is 4.92. The summed E-state index contributed by atoms with van der Waals surface area (Å²) in [6.45, 7) is 10.8. The van der Waals surface area contributed by atoms with Crippen LogP contribution in [0.15, 0.2) is 35.2 Å². The molecule has 0 aliphatic rings. The summed E-state index contributed by atoms with van der Waals surface area (Å²) in [5, 5.41) is 2.86. The zero-order valence-corrected chi connectivity index (χ0v) is 21.5. The Morgan fingerprint density at radius 2 is 1.65 bits per heavy atom. The molecule has 0 saturated carbocycles. The molecule has 3 aromatic rings. The summed E-state index contributed by atoms with van der Waals surface area (Å²) in [6.07, 6.45) is 0. The van der Waals surface area contributed by atoms with Gasteiger partial charge in [0.15, 0.2) is 5.13 Å². The van der Waals surface area contributed by atoms with E-state index in [-0.39, 0.29) is 27.9 Å². The Morgan fingerprint density at radius 3 is 2.26 bits per heavy atom. The average molecular weight is 502 g/mol. The number of aromatic nitrogens is 1. The molecule has 180 valence electrons. The molecule has 3 rings (SSSR count). The van der Waals surface area contributed by atoms with Crippen molar-refractivity contribution in [3.8, 4) is 0 Å². The Balaban J connectivity index is 1.92. The molecular weight excluding hydrogens is 474 g/mol. The van der Waals surface area contributed by atoms with Gasteiger partial charge in [0.25, 0.3) is 15.9 Å². The number of nitrogens with one attached hydrogen (secondary N) is 2. The minimum absolute atomic E-state index is 0.122. The van der Waals surface area contributed by atoms with E-state index in [4.69, 9.17) is 4.74 Å². The summed E-state index contributed by atoms with van der Waals surface area (Å²) in [5.41, 5.74) is 3.74. The number of para-hydroxylation sites is 1. The van der Waals surface area contributed by atoms with Crippen LogP contribution >= 0.6 is 11.3 Å². The third-order valence-electron chi connectivity index (χ3n) is 5.46. The van der Waals surface area contributed by atoms with Gasteiger partial charge in [-0.2, -0.15) is 0 Å². The molecule has 8 nitrogen and oxygen atoms in total. The Morgan fingerprint density at radius 1 is 1.03 bits per heavy atom. The van der Waals surface area contributed by atoms with Crippen molar-refractivity contribution in [3.05, 3.63) is 68.7 Å². The summed E-state index contributed by atoms with van der Waals surface area (Å²) in [5.74, 6) is -1.07. The first-order chi connectivity index (χ1) is 16.0. The van der Waals surface area contributed by atoms with E-state index >= 15 is 0 Å². The van der Waals surface area contributed by atoms with Crippen LogP contribution < -0.4 is 10.0 Å². The van der Waals surface area contributed by atoms with Gasteiger partial charge in [-0.3, -0.25) is 14.8 Å². The maximum atomic E-state index is 13.4. The molecule has 0 atom stereocenters. The number of aryl methyl sites for hydroxylation is 3. The van der Waals surface area contributed by atoms with Crippen molar-refractivity contribution < 1.29 is 22.7 Å².